The molecule has 5 heteroatoms. The summed E-state index contributed by atoms with van der Waals surface area (Å²) in [6, 6.07) is 19.4. The maximum atomic E-state index is 9.19. The van der Waals surface area contributed by atoms with E-state index in [4.69, 9.17) is 9.47 Å². The van der Waals surface area contributed by atoms with Crippen LogP contribution in [0.1, 0.15) is 5.69 Å². The third kappa shape index (κ3) is 2.40. The number of fused-ring (bicyclic) bond motifs is 1. The van der Waals surface area contributed by atoms with Gasteiger partial charge in [-0.05, 0) is 30.3 Å². The molecule has 0 spiro atoms. The Bertz CT molecular complexity index is 894. The van der Waals surface area contributed by atoms with Gasteiger partial charge in [0.2, 0.25) is 0 Å². The number of hydrogen-bond donors (Lipinski definition) is 0. The molecule has 2 aromatic carbocycles. The van der Waals surface area contributed by atoms with Crippen LogP contribution in [0.5, 0.6) is 11.5 Å². The van der Waals surface area contributed by atoms with Crippen molar-refractivity contribution in [3.63, 3.8) is 0 Å². The zero-order chi connectivity index (χ0) is 15.6. The lowest BCUT2D eigenvalue weighted by atomic mass is 10.1. The van der Waals surface area contributed by atoms with Crippen LogP contribution in [0.3, 0.4) is 0 Å². The van der Waals surface area contributed by atoms with Gasteiger partial charge in [-0.3, -0.25) is 0 Å². The Morgan fingerprint density at radius 2 is 1.74 bits per heavy atom. The zero-order valence-corrected chi connectivity index (χ0v) is 12.3. The molecule has 2 heterocycles. The van der Waals surface area contributed by atoms with Crippen molar-refractivity contribution in [2.75, 3.05) is 13.2 Å². The molecule has 0 unspecified atom stereocenters. The number of nitrogens with zero attached hydrogens (tertiary/aromatic N) is 3. The summed E-state index contributed by atoms with van der Waals surface area (Å²) in [5.41, 5.74) is 3.04. The molecule has 0 N–H and O–H groups in total. The first kappa shape index (κ1) is 13.4. The fraction of sp³-hybridized carbons (Fsp3) is 0.111. The monoisotopic (exact) mass is 303 g/mol. The van der Waals surface area contributed by atoms with Gasteiger partial charge in [0.15, 0.2) is 17.2 Å². The molecule has 23 heavy (non-hydrogen) atoms. The molecule has 0 fully saturated rings. The van der Waals surface area contributed by atoms with E-state index in [0.717, 1.165) is 22.7 Å². The lowest BCUT2D eigenvalue weighted by Gasteiger charge is -2.19. The highest BCUT2D eigenvalue weighted by Crippen LogP contribution is 2.35. The van der Waals surface area contributed by atoms with E-state index in [2.05, 4.69) is 11.2 Å². The van der Waals surface area contributed by atoms with Crippen LogP contribution < -0.4 is 9.47 Å². The highest BCUT2D eigenvalue weighted by molar-refractivity contribution is 5.67. The Labute approximate surface area is 133 Å². The Morgan fingerprint density at radius 1 is 0.957 bits per heavy atom. The lowest BCUT2D eigenvalue weighted by Crippen LogP contribution is -2.15. The van der Waals surface area contributed by atoms with E-state index in [9.17, 15) is 5.26 Å². The minimum Gasteiger partial charge on any atom is -0.486 e. The fourth-order valence-corrected chi connectivity index (χ4v) is 2.61. The number of para-hydroxylation sites is 1. The Balaban J connectivity index is 1.86. The van der Waals surface area contributed by atoms with Crippen molar-refractivity contribution < 1.29 is 9.47 Å². The van der Waals surface area contributed by atoms with Gasteiger partial charge in [-0.2, -0.15) is 10.4 Å². The molecule has 0 saturated heterocycles. The number of hydrogen-bond acceptors (Lipinski definition) is 4. The molecule has 1 aliphatic rings. The van der Waals surface area contributed by atoms with Crippen LogP contribution in [-0.2, 0) is 0 Å². The van der Waals surface area contributed by atoms with Gasteiger partial charge in [-0.15, -0.1) is 0 Å². The highest BCUT2D eigenvalue weighted by Gasteiger charge is 2.16. The molecule has 0 aliphatic carbocycles. The van der Waals surface area contributed by atoms with E-state index in [1.165, 1.54) is 0 Å². The largest absolute Gasteiger partial charge is 0.486 e. The average Bonchev–Trinajstić information content (AvgIpc) is 3.06. The molecule has 0 saturated carbocycles. The molecule has 1 aromatic heterocycles. The smallest absolute Gasteiger partial charge is 0.163 e. The second-order valence-corrected chi connectivity index (χ2v) is 5.13. The molecular formula is C18H13N3O2. The van der Waals surface area contributed by atoms with Gasteiger partial charge in [0, 0.05) is 11.6 Å². The first-order valence-corrected chi connectivity index (χ1v) is 7.31. The third-order valence-corrected chi connectivity index (χ3v) is 3.66. The number of rotatable bonds is 2. The van der Waals surface area contributed by atoms with Crippen LogP contribution in [0.25, 0.3) is 16.9 Å². The topological polar surface area (TPSA) is 60.1 Å². The van der Waals surface area contributed by atoms with Crippen molar-refractivity contribution in [2.45, 2.75) is 0 Å². The summed E-state index contributed by atoms with van der Waals surface area (Å²) >= 11 is 0. The number of benzene rings is 2. The van der Waals surface area contributed by atoms with Crippen LogP contribution in [0.15, 0.2) is 54.6 Å². The highest BCUT2D eigenvalue weighted by atomic mass is 16.6. The number of nitriles is 1. The van der Waals surface area contributed by atoms with Gasteiger partial charge in [-0.1, -0.05) is 18.2 Å². The summed E-state index contributed by atoms with van der Waals surface area (Å²) in [4.78, 5) is 0. The number of aromatic nitrogens is 2. The predicted octanol–water partition coefficient (Wildman–Crippen LogP) is 3.18. The normalized spacial score (nSPS) is 12.7. The number of ether oxygens (including phenoxy) is 2. The second kappa shape index (κ2) is 5.50. The van der Waals surface area contributed by atoms with Gasteiger partial charge >= 0.3 is 0 Å². The molecule has 5 nitrogen and oxygen atoms in total. The van der Waals surface area contributed by atoms with Crippen LogP contribution in [0.4, 0.5) is 0 Å². The fourth-order valence-electron chi connectivity index (χ4n) is 2.61. The first-order chi connectivity index (χ1) is 11.3. The van der Waals surface area contributed by atoms with Gasteiger partial charge in [0.1, 0.15) is 19.3 Å². The molecule has 112 valence electrons. The van der Waals surface area contributed by atoms with E-state index in [-0.39, 0.29) is 0 Å². The second-order valence-electron chi connectivity index (χ2n) is 5.13. The van der Waals surface area contributed by atoms with E-state index >= 15 is 0 Å². The summed E-state index contributed by atoms with van der Waals surface area (Å²) in [6.45, 7) is 1.10. The minimum absolute atomic E-state index is 0.374. The molecule has 3 aromatic rings. The van der Waals surface area contributed by atoms with E-state index in [1.807, 2.05) is 48.5 Å². The van der Waals surface area contributed by atoms with Crippen LogP contribution in [-0.4, -0.2) is 23.0 Å². The van der Waals surface area contributed by atoms with E-state index in [0.29, 0.717) is 24.7 Å². The van der Waals surface area contributed by atoms with Crippen LogP contribution >= 0.6 is 0 Å². The summed E-state index contributed by atoms with van der Waals surface area (Å²) in [5, 5.41) is 13.6. The lowest BCUT2D eigenvalue weighted by molar-refractivity contribution is 0.171. The Kier molecular flexibility index (Phi) is 3.21. The molecule has 0 amide bonds. The van der Waals surface area contributed by atoms with Crippen molar-refractivity contribution >= 4 is 0 Å². The Hall–Kier alpha value is -3.26. The molecule has 1 aliphatic heterocycles. The van der Waals surface area contributed by atoms with Crippen LogP contribution in [0.2, 0.25) is 0 Å². The minimum atomic E-state index is 0.374. The quantitative estimate of drug-likeness (QED) is 0.729. The van der Waals surface area contributed by atoms with Gasteiger partial charge < -0.3 is 9.47 Å². The van der Waals surface area contributed by atoms with Crippen molar-refractivity contribution in [3.05, 3.63) is 60.3 Å². The summed E-state index contributed by atoms with van der Waals surface area (Å²) in [5.74, 6) is 1.46. The predicted molar refractivity (Wildman–Crippen MR) is 84.7 cm³/mol. The van der Waals surface area contributed by atoms with Gasteiger partial charge in [0.25, 0.3) is 0 Å². The van der Waals surface area contributed by atoms with Crippen molar-refractivity contribution in [3.8, 4) is 34.5 Å². The maximum absolute atomic E-state index is 9.19. The van der Waals surface area contributed by atoms with E-state index < -0.39 is 0 Å². The van der Waals surface area contributed by atoms with Gasteiger partial charge in [0.05, 0.1) is 11.4 Å². The first-order valence-electron chi connectivity index (χ1n) is 7.31. The molecule has 0 bridgehead atoms. The van der Waals surface area contributed by atoms with Gasteiger partial charge in [-0.25, -0.2) is 4.68 Å². The molecular weight excluding hydrogens is 290 g/mol. The van der Waals surface area contributed by atoms with Crippen LogP contribution in [0, 0.1) is 11.3 Å². The maximum Gasteiger partial charge on any atom is 0.163 e. The third-order valence-electron chi connectivity index (χ3n) is 3.66. The molecule has 4 rings (SSSR count). The molecule has 0 atom stereocenters. The standard InChI is InChI=1S/C18H13N3O2/c19-12-14-11-16(21(20-14)15-4-2-1-3-5-15)13-6-7-17-18(10-13)23-9-8-22-17/h1-7,10-11H,8-9H2. The SMILES string of the molecule is N#Cc1cc(-c2ccc3c(c2)OCCO3)n(-c2ccccc2)n1. The zero-order valence-electron chi connectivity index (χ0n) is 12.3. The molecule has 0 radical (unpaired) electrons. The summed E-state index contributed by atoms with van der Waals surface area (Å²) in [7, 11) is 0. The summed E-state index contributed by atoms with van der Waals surface area (Å²) < 4.78 is 13.0. The van der Waals surface area contributed by atoms with Crippen molar-refractivity contribution in [1.82, 2.24) is 9.78 Å². The average molecular weight is 303 g/mol. The summed E-state index contributed by atoms with van der Waals surface area (Å²) in [6.07, 6.45) is 0. The van der Waals surface area contributed by atoms with Crippen molar-refractivity contribution in [1.29, 1.82) is 5.26 Å². The Morgan fingerprint density at radius 3 is 2.52 bits per heavy atom. The van der Waals surface area contributed by atoms with E-state index in [1.54, 1.807) is 10.7 Å². The van der Waals surface area contributed by atoms with Crippen molar-refractivity contribution in [2.24, 2.45) is 0 Å².